The molecule has 0 bridgehead atoms. The van der Waals surface area contributed by atoms with E-state index in [1.165, 1.54) is 38.5 Å². The van der Waals surface area contributed by atoms with Crippen LogP contribution < -0.4 is 5.32 Å². The molecule has 0 radical (unpaired) electrons. The predicted octanol–water partition coefficient (Wildman–Crippen LogP) is 3.42. The first-order chi connectivity index (χ1) is 9.53. The summed E-state index contributed by atoms with van der Waals surface area (Å²) in [6.07, 6.45) is 10.8. The third-order valence-electron chi connectivity index (χ3n) is 5.72. The molecule has 3 nitrogen and oxygen atoms in total. The van der Waals surface area contributed by atoms with Crippen molar-refractivity contribution in [2.75, 3.05) is 0 Å². The quantitative estimate of drug-likeness (QED) is 0.787. The monoisotopic (exact) mass is 279 g/mol. The normalized spacial score (nSPS) is 37.4. The van der Waals surface area contributed by atoms with E-state index in [0.29, 0.717) is 17.4 Å². The van der Waals surface area contributed by atoms with Crippen LogP contribution in [0.3, 0.4) is 0 Å². The van der Waals surface area contributed by atoms with Crippen LogP contribution in [-0.4, -0.2) is 24.2 Å². The topological polar surface area (TPSA) is 38.3 Å². The van der Waals surface area contributed by atoms with Gasteiger partial charge in [0.25, 0.3) is 0 Å². The fourth-order valence-electron chi connectivity index (χ4n) is 4.24. The number of carbonyl (C=O) groups is 1. The molecule has 3 aliphatic rings. The van der Waals surface area contributed by atoms with Crippen molar-refractivity contribution in [1.29, 1.82) is 0 Å². The van der Waals surface area contributed by atoms with Crippen molar-refractivity contribution in [3.8, 4) is 0 Å². The zero-order valence-corrected chi connectivity index (χ0v) is 13.0. The van der Waals surface area contributed by atoms with E-state index in [9.17, 15) is 4.79 Å². The second kappa shape index (κ2) is 5.67. The maximum atomic E-state index is 12.3. The Hall–Kier alpha value is -0.570. The maximum absolute atomic E-state index is 12.3. The Bertz CT molecular complexity index is 342. The molecule has 0 aromatic rings. The molecule has 1 N–H and O–H groups in total. The molecule has 0 aromatic heterocycles. The van der Waals surface area contributed by atoms with Gasteiger partial charge in [-0.2, -0.15) is 0 Å². The molecule has 3 rings (SSSR count). The Morgan fingerprint density at radius 1 is 1.10 bits per heavy atom. The fourth-order valence-corrected chi connectivity index (χ4v) is 4.24. The Kier molecular flexibility index (Phi) is 4.07. The summed E-state index contributed by atoms with van der Waals surface area (Å²) in [6.45, 7) is 4.63. The zero-order chi connectivity index (χ0) is 14.2. The van der Waals surface area contributed by atoms with Crippen LogP contribution in [-0.2, 0) is 9.53 Å². The van der Waals surface area contributed by atoms with Crippen molar-refractivity contribution in [2.45, 2.75) is 89.8 Å². The Balaban J connectivity index is 1.48. The van der Waals surface area contributed by atoms with Gasteiger partial charge in [0.05, 0.1) is 0 Å². The highest BCUT2D eigenvalue weighted by Gasteiger charge is 2.40. The third-order valence-corrected chi connectivity index (χ3v) is 5.72. The number of hydrogen-bond donors (Lipinski definition) is 1. The number of carbonyl (C=O) groups excluding carboxylic acids is 1. The van der Waals surface area contributed by atoms with Crippen molar-refractivity contribution in [3.63, 3.8) is 0 Å². The van der Waals surface area contributed by atoms with Gasteiger partial charge >= 0.3 is 5.97 Å². The van der Waals surface area contributed by atoms with Crippen molar-refractivity contribution in [1.82, 2.24) is 5.32 Å². The number of fused-ring (bicyclic) bond motifs is 1. The number of ether oxygens (including phenoxy) is 1. The second-order valence-corrected chi connectivity index (χ2v) is 7.91. The van der Waals surface area contributed by atoms with Gasteiger partial charge in [0, 0.05) is 6.04 Å². The molecule has 3 atom stereocenters. The summed E-state index contributed by atoms with van der Waals surface area (Å²) in [6, 6.07) is 0.546. The first kappa shape index (κ1) is 14.4. The van der Waals surface area contributed by atoms with E-state index in [0.717, 1.165) is 19.3 Å². The van der Waals surface area contributed by atoms with Gasteiger partial charge in [-0.25, -0.2) is 0 Å². The summed E-state index contributed by atoms with van der Waals surface area (Å²) in [7, 11) is 0. The predicted molar refractivity (Wildman–Crippen MR) is 79.4 cm³/mol. The van der Waals surface area contributed by atoms with Crippen molar-refractivity contribution in [2.24, 2.45) is 11.3 Å². The second-order valence-electron chi connectivity index (χ2n) is 7.91. The number of rotatable bonds is 2. The number of nitrogens with one attached hydrogen (secondary N) is 1. The van der Waals surface area contributed by atoms with Crippen LogP contribution in [0.5, 0.6) is 0 Å². The van der Waals surface area contributed by atoms with Crippen LogP contribution in [0.4, 0.5) is 0 Å². The van der Waals surface area contributed by atoms with E-state index < -0.39 is 0 Å². The molecule has 2 aliphatic carbocycles. The van der Waals surface area contributed by atoms with Gasteiger partial charge in [0.1, 0.15) is 12.1 Å². The van der Waals surface area contributed by atoms with Gasteiger partial charge in [-0.05, 0) is 56.3 Å². The van der Waals surface area contributed by atoms with E-state index in [1.807, 2.05) is 0 Å². The summed E-state index contributed by atoms with van der Waals surface area (Å²) in [5, 5.41) is 3.52. The van der Waals surface area contributed by atoms with Crippen molar-refractivity contribution in [3.05, 3.63) is 0 Å². The minimum absolute atomic E-state index is 0.0177. The first-order valence-electron chi connectivity index (χ1n) is 8.50. The molecule has 114 valence electrons. The van der Waals surface area contributed by atoms with Crippen LogP contribution in [0, 0.1) is 11.3 Å². The summed E-state index contributed by atoms with van der Waals surface area (Å²) >= 11 is 0. The smallest absolute Gasteiger partial charge is 0.323 e. The standard InChI is InChI=1S/C17H29NO2/c1-17(2)9-7-13(8-10-17)20-16(19)15-11-12-5-3-4-6-14(12)18-15/h12-15,18H,3-11H2,1-2H3. The van der Waals surface area contributed by atoms with E-state index >= 15 is 0 Å². The van der Waals surface area contributed by atoms with Crippen LogP contribution in [0.15, 0.2) is 0 Å². The summed E-state index contributed by atoms with van der Waals surface area (Å²) in [5.41, 5.74) is 0.434. The molecular weight excluding hydrogens is 250 g/mol. The molecule has 0 amide bonds. The Labute approximate surface area is 122 Å². The summed E-state index contributed by atoms with van der Waals surface area (Å²) < 4.78 is 5.77. The van der Waals surface area contributed by atoms with Gasteiger partial charge in [-0.15, -0.1) is 0 Å². The molecule has 1 saturated heterocycles. The molecule has 1 heterocycles. The highest BCUT2D eigenvalue weighted by atomic mass is 16.5. The molecule has 3 heteroatoms. The lowest BCUT2D eigenvalue weighted by atomic mass is 9.76. The van der Waals surface area contributed by atoms with Crippen LogP contribution in [0.1, 0.15) is 71.6 Å². The molecule has 2 saturated carbocycles. The highest BCUT2D eigenvalue weighted by Crippen LogP contribution is 2.37. The molecule has 3 unspecified atom stereocenters. The summed E-state index contributed by atoms with van der Waals surface area (Å²) in [4.78, 5) is 12.3. The zero-order valence-electron chi connectivity index (χ0n) is 13.0. The fraction of sp³-hybridized carbons (Fsp3) is 0.941. The molecule has 0 spiro atoms. The average Bonchev–Trinajstić information content (AvgIpc) is 2.85. The first-order valence-corrected chi connectivity index (χ1v) is 8.50. The molecule has 1 aliphatic heterocycles. The number of esters is 1. The average molecular weight is 279 g/mol. The maximum Gasteiger partial charge on any atom is 0.323 e. The van der Waals surface area contributed by atoms with Gasteiger partial charge in [-0.1, -0.05) is 26.7 Å². The lowest BCUT2D eigenvalue weighted by molar-refractivity contribution is -0.153. The SMILES string of the molecule is CC1(C)CCC(OC(=O)C2CC3CCCCC3N2)CC1. The molecule has 3 fully saturated rings. The van der Waals surface area contributed by atoms with Crippen molar-refractivity contribution >= 4 is 5.97 Å². The summed E-state index contributed by atoms with van der Waals surface area (Å²) in [5.74, 6) is 0.732. The van der Waals surface area contributed by atoms with Crippen LogP contribution >= 0.6 is 0 Å². The lowest BCUT2D eigenvalue weighted by Crippen LogP contribution is -2.40. The minimum atomic E-state index is -0.0296. The lowest BCUT2D eigenvalue weighted by Gasteiger charge is -2.34. The molecule has 0 aromatic carbocycles. The Morgan fingerprint density at radius 2 is 1.80 bits per heavy atom. The highest BCUT2D eigenvalue weighted by molar-refractivity contribution is 5.76. The van der Waals surface area contributed by atoms with Crippen LogP contribution in [0.25, 0.3) is 0 Å². The van der Waals surface area contributed by atoms with E-state index in [1.54, 1.807) is 0 Å². The van der Waals surface area contributed by atoms with Gasteiger partial charge < -0.3 is 10.1 Å². The van der Waals surface area contributed by atoms with Gasteiger partial charge in [0.2, 0.25) is 0 Å². The van der Waals surface area contributed by atoms with Gasteiger partial charge in [-0.3, -0.25) is 4.79 Å². The van der Waals surface area contributed by atoms with Gasteiger partial charge in [0.15, 0.2) is 0 Å². The van der Waals surface area contributed by atoms with E-state index in [2.05, 4.69) is 19.2 Å². The van der Waals surface area contributed by atoms with Crippen LogP contribution in [0.2, 0.25) is 0 Å². The minimum Gasteiger partial charge on any atom is -0.461 e. The number of hydrogen-bond acceptors (Lipinski definition) is 3. The third kappa shape index (κ3) is 3.19. The largest absolute Gasteiger partial charge is 0.461 e. The molecule has 20 heavy (non-hydrogen) atoms. The van der Waals surface area contributed by atoms with E-state index in [-0.39, 0.29) is 18.1 Å². The molecular formula is C17H29NO2. The van der Waals surface area contributed by atoms with E-state index in [4.69, 9.17) is 4.74 Å². The van der Waals surface area contributed by atoms with Crippen molar-refractivity contribution < 1.29 is 9.53 Å². The Morgan fingerprint density at radius 3 is 2.50 bits per heavy atom.